The number of thiophene rings is 1. The Bertz CT molecular complexity index is 1880. The van der Waals surface area contributed by atoms with Gasteiger partial charge < -0.3 is 9.55 Å². The quantitative estimate of drug-likeness (QED) is 0.133. The van der Waals surface area contributed by atoms with Crippen molar-refractivity contribution < 1.29 is 24.7 Å². The predicted molar refractivity (Wildman–Crippen MR) is 196 cm³/mol. The third-order valence-electron chi connectivity index (χ3n) is 13.6. The van der Waals surface area contributed by atoms with Crippen LogP contribution < -0.4 is 5.30 Å². The van der Waals surface area contributed by atoms with Crippen LogP contribution in [0.5, 0.6) is 0 Å². The summed E-state index contributed by atoms with van der Waals surface area (Å²) in [5.41, 5.74) is 2.08. The van der Waals surface area contributed by atoms with E-state index in [-0.39, 0.29) is 30.4 Å². The van der Waals surface area contributed by atoms with E-state index in [1.165, 1.54) is 103 Å². The minimum atomic E-state index is -2.53. The molecule has 0 unspecified atom stereocenters. The first-order valence-electron chi connectivity index (χ1n) is 18.3. The van der Waals surface area contributed by atoms with Crippen LogP contribution in [-0.4, -0.2) is 15.3 Å². The predicted octanol–water partition coefficient (Wildman–Crippen LogP) is 11.3. The monoisotopic (exact) mass is 846 g/mol. The van der Waals surface area contributed by atoms with Crippen molar-refractivity contribution in [2.45, 2.75) is 87.4 Å². The minimum Gasteiger partial charge on any atom is -0.320 e. The molecule has 2 heterocycles. The number of hydrogen-bond donors (Lipinski definition) is 0. The van der Waals surface area contributed by atoms with Crippen molar-refractivity contribution in [3.63, 3.8) is 0 Å². The van der Waals surface area contributed by atoms with E-state index in [4.69, 9.17) is 0 Å². The summed E-state index contributed by atoms with van der Waals surface area (Å²) in [6, 6.07) is 34.1. The van der Waals surface area contributed by atoms with Crippen molar-refractivity contribution >= 4 is 44.0 Å². The molecule has 8 aliphatic carbocycles. The molecule has 249 valence electrons. The first kappa shape index (κ1) is 31.9. The number of benzene rings is 3. The summed E-state index contributed by atoms with van der Waals surface area (Å²) in [6.07, 6.45) is 18.2. The van der Waals surface area contributed by atoms with Gasteiger partial charge in [-0.1, -0.05) is 35.7 Å². The standard InChI is InChI=1S/C26H34OP.C17H10NS.Ir/c27-28(24-4-2-1-3-5-24,25-12-18-6-19(13-25)8-20(7-18)14-25)26-15-21-9-22(16-26)11-23(10-21)17-26;1-2-10-16-12(6-1)13-7-5-8-14(17(13)19-16)15-9-3-4-11-18-15;/h1-4,18-23H,6-17H2;1-7,9-11H;/q2*-1;. The van der Waals surface area contributed by atoms with Crippen LogP contribution in [0.2, 0.25) is 0 Å². The van der Waals surface area contributed by atoms with Crippen molar-refractivity contribution in [3.05, 3.63) is 97.2 Å². The number of nitrogens with zero attached hydrogens (tertiary/aromatic N) is 1. The van der Waals surface area contributed by atoms with Crippen molar-refractivity contribution in [3.8, 4) is 11.3 Å². The molecule has 3 aromatic carbocycles. The number of pyridine rings is 1. The normalized spacial score (nSPS) is 35.2. The molecule has 5 aromatic rings. The zero-order valence-corrected chi connectivity index (χ0v) is 31.7. The number of aromatic nitrogens is 1. The summed E-state index contributed by atoms with van der Waals surface area (Å²) in [5, 5.41) is 4.03. The number of fused-ring (bicyclic) bond motifs is 3. The number of hydrogen-bond acceptors (Lipinski definition) is 3. The molecule has 0 N–H and O–H groups in total. The molecule has 0 amide bonds. The smallest absolute Gasteiger partial charge is 0.104 e. The Balaban J connectivity index is 0.000000138. The molecule has 2 aromatic heterocycles. The van der Waals surface area contributed by atoms with Crippen LogP contribution in [0.25, 0.3) is 31.4 Å². The van der Waals surface area contributed by atoms with Crippen LogP contribution in [0.15, 0.2) is 85.1 Å². The maximum Gasteiger partial charge on any atom is 0.104 e. The van der Waals surface area contributed by atoms with Crippen LogP contribution in [-0.2, 0) is 24.7 Å². The summed E-state index contributed by atoms with van der Waals surface area (Å²) in [4.78, 5) is 4.44. The number of rotatable bonds is 4. The fraction of sp³-hybridized carbons (Fsp3) is 0.465. The van der Waals surface area contributed by atoms with E-state index in [1.54, 1.807) is 0 Å². The Kier molecular flexibility index (Phi) is 7.97. The third kappa shape index (κ3) is 4.87. The Morgan fingerprint density at radius 1 is 0.625 bits per heavy atom. The average molecular weight is 846 g/mol. The Hall–Kier alpha value is -2.09. The third-order valence-corrected chi connectivity index (χ3v) is 19.6. The Morgan fingerprint density at radius 2 is 1.19 bits per heavy atom. The molecule has 1 radical (unpaired) electrons. The average Bonchev–Trinajstić information content (AvgIpc) is 3.47. The van der Waals surface area contributed by atoms with Crippen LogP contribution in [0, 0.1) is 47.6 Å². The molecule has 8 aliphatic rings. The molecule has 5 heteroatoms. The van der Waals surface area contributed by atoms with Crippen LogP contribution in [0.3, 0.4) is 0 Å². The van der Waals surface area contributed by atoms with Gasteiger partial charge in [0.1, 0.15) is 7.14 Å². The van der Waals surface area contributed by atoms with Gasteiger partial charge in [-0.3, -0.25) is 0 Å². The zero-order valence-electron chi connectivity index (χ0n) is 27.6. The van der Waals surface area contributed by atoms with Gasteiger partial charge in [-0.2, -0.15) is 41.7 Å². The molecular weight excluding hydrogens is 802 g/mol. The summed E-state index contributed by atoms with van der Waals surface area (Å²) in [7, 11) is -2.53. The summed E-state index contributed by atoms with van der Waals surface area (Å²) < 4.78 is 18.5. The second-order valence-electron chi connectivity index (χ2n) is 16.5. The van der Waals surface area contributed by atoms with Crippen molar-refractivity contribution in [1.29, 1.82) is 0 Å². The van der Waals surface area contributed by atoms with Gasteiger partial charge in [-0.05, 0) is 140 Å². The SMILES string of the molecule is O=P(c1[c-]cccc1)(C12CC3CC(CC(C3)C1)C2)C12CC3CC(CC(C3)C1)C2.[Ir].[c-]1ccc2c(sc3ccccc32)c1-c1ccccn1. The van der Waals surface area contributed by atoms with Crippen molar-refractivity contribution in [2.75, 3.05) is 0 Å². The Labute approximate surface area is 303 Å². The van der Waals surface area contributed by atoms with E-state index in [9.17, 15) is 0 Å². The second kappa shape index (κ2) is 12.0. The molecule has 8 saturated carbocycles. The van der Waals surface area contributed by atoms with Crippen LogP contribution in [0.1, 0.15) is 77.0 Å². The molecule has 8 fully saturated rings. The van der Waals surface area contributed by atoms with Crippen molar-refractivity contribution in [2.24, 2.45) is 35.5 Å². The van der Waals surface area contributed by atoms with Crippen LogP contribution in [0.4, 0.5) is 0 Å². The molecule has 13 rings (SSSR count). The largest absolute Gasteiger partial charge is 0.320 e. The molecule has 48 heavy (non-hydrogen) atoms. The summed E-state index contributed by atoms with van der Waals surface area (Å²) in [5.74, 6) is 5.23. The van der Waals surface area contributed by atoms with Gasteiger partial charge in [0.15, 0.2) is 0 Å². The van der Waals surface area contributed by atoms with Gasteiger partial charge in [0.25, 0.3) is 0 Å². The zero-order chi connectivity index (χ0) is 31.2. The van der Waals surface area contributed by atoms with E-state index in [0.29, 0.717) is 0 Å². The van der Waals surface area contributed by atoms with E-state index in [0.717, 1.165) is 46.8 Å². The minimum absolute atomic E-state index is 0. The van der Waals surface area contributed by atoms with E-state index in [1.807, 2.05) is 41.8 Å². The molecule has 8 bridgehead atoms. The first-order chi connectivity index (χ1) is 23.0. The molecule has 0 aliphatic heterocycles. The van der Waals surface area contributed by atoms with Gasteiger partial charge >= 0.3 is 0 Å². The summed E-state index contributed by atoms with van der Waals surface area (Å²) >= 11 is 1.81. The topological polar surface area (TPSA) is 30.0 Å². The molecule has 0 atom stereocenters. The van der Waals surface area contributed by atoms with Gasteiger partial charge in [0.05, 0.1) is 0 Å². The first-order valence-corrected chi connectivity index (χ1v) is 20.8. The van der Waals surface area contributed by atoms with E-state index in [2.05, 4.69) is 71.7 Å². The van der Waals surface area contributed by atoms with Gasteiger partial charge in [-0.25, -0.2) is 0 Å². The molecular formula is C43H44IrNOPS-2. The molecule has 2 nitrogen and oxygen atoms in total. The molecule has 0 saturated heterocycles. The maximum absolute atomic E-state index is 15.9. The summed E-state index contributed by atoms with van der Waals surface area (Å²) in [6.45, 7) is 0. The van der Waals surface area contributed by atoms with E-state index < -0.39 is 7.14 Å². The van der Waals surface area contributed by atoms with E-state index >= 15 is 4.57 Å². The van der Waals surface area contributed by atoms with Crippen molar-refractivity contribution in [1.82, 2.24) is 4.98 Å². The van der Waals surface area contributed by atoms with Crippen LogP contribution >= 0.6 is 18.5 Å². The van der Waals surface area contributed by atoms with Gasteiger partial charge in [0.2, 0.25) is 0 Å². The Morgan fingerprint density at radius 3 is 1.73 bits per heavy atom. The van der Waals surface area contributed by atoms with Gasteiger partial charge in [-0.15, -0.1) is 29.1 Å². The maximum atomic E-state index is 15.9. The second-order valence-corrected chi connectivity index (χ2v) is 21.2. The fourth-order valence-corrected chi connectivity index (χ4v) is 19.8. The fourth-order valence-electron chi connectivity index (χ4n) is 12.9. The molecule has 0 spiro atoms. The van der Waals surface area contributed by atoms with Gasteiger partial charge in [0, 0.05) is 41.3 Å².